The number of carbonyl (C=O) groups excluding carboxylic acids is 1. The Bertz CT molecular complexity index is 884. The van der Waals surface area contributed by atoms with Crippen LogP contribution in [0.5, 0.6) is 11.5 Å². The molecule has 0 unspecified atom stereocenters. The molecule has 0 fully saturated rings. The fraction of sp³-hybridized carbons (Fsp3) is 0.167. The number of ether oxygens (including phenoxy) is 1. The van der Waals surface area contributed by atoms with Crippen LogP contribution >= 0.6 is 0 Å². The van der Waals surface area contributed by atoms with Crippen molar-refractivity contribution in [3.8, 4) is 11.5 Å². The van der Waals surface area contributed by atoms with Crippen LogP contribution in [0.1, 0.15) is 28.8 Å². The number of aromatic nitrogens is 4. The number of amides is 1. The molecule has 3 rings (SSSR count). The Hall–Kier alpha value is -3.35. The third-order valence-electron chi connectivity index (χ3n) is 3.35. The predicted molar refractivity (Wildman–Crippen MR) is 92.6 cm³/mol. The lowest BCUT2D eigenvalue weighted by molar-refractivity contribution is 0.102. The lowest BCUT2D eigenvalue weighted by Crippen LogP contribution is -2.15. The molecule has 0 aromatic carbocycles. The molecule has 0 aliphatic carbocycles. The lowest BCUT2D eigenvalue weighted by atomic mass is 10.2. The molecule has 7 nitrogen and oxygen atoms in total. The molecule has 1 N–H and O–H groups in total. The molecule has 0 aliphatic heterocycles. The summed E-state index contributed by atoms with van der Waals surface area (Å²) >= 11 is 0. The normalized spacial score (nSPS) is 10.3. The molecule has 126 valence electrons. The topological polar surface area (TPSA) is 89.9 Å². The molecule has 0 aliphatic rings. The largest absolute Gasteiger partial charge is 0.454 e. The van der Waals surface area contributed by atoms with Crippen molar-refractivity contribution in [2.45, 2.75) is 20.3 Å². The van der Waals surface area contributed by atoms with Gasteiger partial charge in [0.25, 0.3) is 5.91 Å². The summed E-state index contributed by atoms with van der Waals surface area (Å²) in [4.78, 5) is 28.9. The van der Waals surface area contributed by atoms with Crippen LogP contribution in [-0.4, -0.2) is 25.8 Å². The predicted octanol–water partition coefficient (Wildman–Crippen LogP) is 3.18. The SMILES string of the molecule is CCc1cc(Oc2cncnc2)cc(C(=O)Nc2cccc(C)n2)n1. The second kappa shape index (κ2) is 7.48. The van der Waals surface area contributed by atoms with Crippen molar-refractivity contribution in [3.05, 3.63) is 66.1 Å². The highest BCUT2D eigenvalue weighted by Crippen LogP contribution is 2.22. The minimum atomic E-state index is -0.345. The first-order valence-corrected chi connectivity index (χ1v) is 7.83. The zero-order valence-electron chi connectivity index (χ0n) is 13.9. The van der Waals surface area contributed by atoms with Crippen LogP contribution in [0.4, 0.5) is 5.82 Å². The molecule has 0 atom stereocenters. The zero-order valence-corrected chi connectivity index (χ0v) is 13.9. The van der Waals surface area contributed by atoms with E-state index in [0.29, 0.717) is 23.7 Å². The summed E-state index contributed by atoms with van der Waals surface area (Å²) in [5.41, 5.74) is 1.83. The standard InChI is InChI=1S/C18H17N5O2/c1-3-13-7-14(25-15-9-19-11-20-10-15)8-16(22-13)18(24)23-17-6-4-5-12(2)21-17/h4-11H,3H2,1-2H3,(H,21,23,24). The van der Waals surface area contributed by atoms with Gasteiger partial charge in [0.1, 0.15) is 23.6 Å². The van der Waals surface area contributed by atoms with Crippen LogP contribution in [-0.2, 0) is 6.42 Å². The molecule has 1 amide bonds. The molecule has 3 aromatic heterocycles. The maximum Gasteiger partial charge on any atom is 0.275 e. The van der Waals surface area contributed by atoms with Crippen molar-refractivity contribution in [1.82, 2.24) is 19.9 Å². The molecule has 7 heteroatoms. The summed E-state index contributed by atoms with van der Waals surface area (Å²) in [6.45, 7) is 3.82. The fourth-order valence-electron chi connectivity index (χ4n) is 2.18. The van der Waals surface area contributed by atoms with E-state index in [1.54, 1.807) is 30.6 Å². The van der Waals surface area contributed by atoms with Gasteiger partial charge in [0.15, 0.2) is 5.75 Å². The first kappa shape index (κ1) is 16.5. The van der Waals surface area contributed by atoms with Gasteiger partial charge in [-0.1, -0.05) is 13.0 Å². The van der Waals surface area contributed by atoms with Crippen LogP contribution in [0.15, 0.2) is 49.1 Å². The molecule has 3 aromatic rings. The number of rotatable bonds is 5. The minimum Gasteiger partial charge on any atom is -0.454 e. The minimum absolute atomic E-state index is 0.259. The van der Waals surface area contributed by atoms with E-state index in [2.05, 4.69) is 25.3 Å². The van der Waals surface area contributed by atoms with Crippen LogP contribution in [0.2, 0.25) is 0 Å². The number of aryl methyl sites for hydroxylation is 2. The fourth-order valence-corrected chi connectivity index (χ4v) is 2.18. The number of nitrogens with one attached hydrogen (secondary N) is 1. The Balaban J connectivity index is 1.85. The number of anilines is 1. The maximum atomic E-state index is 12.5. The maximum absolute atomic E-state index is 12.5. The average molecular weight is 335 g/mol. The van der Waals surface area contributed by atoms with Crippen LogP contribution in [0.25, 0.3) is 0 Å². The molecular weight excluding hydrogens is 318 g/mol. The van der Waals surface area contributed by atoms with E-state index >= 15 is 0 Å². The van der Waals surface area contributed by atoms with Crippen molar-refractivity contribution in [1.29, 1.82) is 0 Å². The van der Waals surface area contributed by atoms with Gasteiger partial charge >= 0.3 is 0 Å². The van der Waals surface area contributed by atoms with Crippen molar-refractivity contribution < 1.29 is 9.53 Å². The smallest absolute Gasteiger partial charge is 0.275 e. The molecule has 3 heterocycles. The van der Waals surface area contributed by atoms with Gasteiger partial charge in [0, 0.05) is 23.5 Å². The van der Waals surface area contributed by atoms with Gasteiger partial charge in [-0.2, -0.15) is 0 Å². The van der Waals surface area contributed by atoms with Crippen molar-refractivity contribution >= 4 is 11.7 Å². The molecule has 0 bridgehead atoms. The van der Waals surface area contributed by atoms with E-state index in [9.17, 15) is 4.79 Å². The van der Waals surface area contributed by atoms with Crippen molar-refractivity contribution in [3.63, 3.8) is 0 Å². The van der Waals surface area contributed by atoms with E-state index in [0.717, 1.165) is 11.4 Å². The summed E-state index contributed by atoms with van der Waals surface area (Å²) in [5, 5.41) is 2.75. The summed E-state index contributed by atoms with van der Waals surface area (Å²) < 4.78 is 5.72. The Morgan fingerprint density at radius 2 is 1.92 bits per heavy atom. The molecule has 0 radical (unpaired) electrons. The van der Waals surface area contributed by atoms with Gasteiger partial charge in [-0.15, -0.1) is 0 Å². The summed E-state index contributed by atoms with van der Waals surface area (Å²) in [5.74, 6) is 1.13. The highest BCUT2D eigenvalue weighted by molar-refractivity contribution is 6.02. The number of hydrogen-bond acceptors (Lipinski definition) is 6. The lowest BCUT2D eigenvalue weighted by Gasteiger charge is -2.10. The van der Waals surface area contributed by atoms with Crippen LogP contribution in [0.3, 0.4) is 0 Å². The monoisotopic (exact) mass is 335 g/mol. The second-order valence-electron chi connectivity index (χ2n) is 5.33. The van der Waals surface area contributed by atoms with Gasteiger partial charge in [0.2, 0.25) is 0 Å². The molecule has 0 saturated heterocycles. The number of pyridine rings is 2. The Kier molecular flexibility index (Phi) is 4.94. The van der Waals surface area contributed by atoms with E-state index in [1.807, 2.05) is 26.0 Å². The zero-order chi connectivity index (χ0) is 17.6. The van der Waals surface area contributed by atoms with E-state index in [1.165, 1.54) is 6.33 Å². The molecular formula is C18H17N5O2. The summed E-state index contributed by atoms with van der Waals surface area (Å²) in [6, 6.07) is 8.79. The van der Waals surface area contributed by atoms with E-state index < -0.39 is 0 Å². The third kappa shape index (κ3) is 4.35. The summed E-state index contributed by atoms with van der Waals surface area (Å²) in [6.07, 6.45) is 5.20. The van der Waals surface area contributed by atoms with Gasteiger partial charge in [-0.05, 0) is 25.5 Å². The summed E-state index contributed by atoms with van der Waals surface area (Å²) in [7, 11) is 0. The van der Waals surface area contributed by atoms with E-state index in [-0.39, 0.29) is 11.6 Å². The van der Waals surface area contributed by atoms with E-state index in [4.69, 9.17) is 4.74 Å². The Labute approximate surface area is 145 Å². The highest BCUT2D eigenvalue weighted by atomic mass is 16.5. The van der Waals surface area contributed by atoms with Crippen LogP contribution in [0, 0.1) is 6.92 Å². The number of nitrogens with zero attached hydrogens (tertiary/aromatic N) is 4. The van der Waals surface area contributed by atoms with Crippen LogP contribution < -0.4 is 10.1 Å². The first-order valence-electron chi connectivity index (χ1n) is 7.83. The number of hydrogen-bond donors (Lipinski definition) is 1. The van der Waals surface area contributed by atoms with Crippen molar-refractivity contribution in [2.75, 3.05) is 5.32 Å². The molecule has 25 heavy (non-hydrogen) atoms. The number of carbonyl (C=O) groups is 1. The third-order valence-corrected chi connectivity index (χ3v) is 3.35. The van der Waals surface area contributed by atoms with Crippen molar-refractivity contribution in [2.24, 2.45) is 0 Å². The molecule has 0 spiro atoms. The van der Waals surface area contributed by atoms with Gasteiger partial charge in [-0.3, -0.25) is 4.79 Å². The molecule has 0 saturated carbocycles. The first-order chi connectivity index (χ1) is 12.1. The average Bonchev–Trinajstić information content (AvgIpc) is 2.62. The second-order valence-corrected chi connectivity index (χ2v) is 5.33. The van der Waals surface area contributed by atoms with Gasteiger partial charge in [0.05, 0.1) is 12.4 Å². The van der Waals surface area contributed by atoms with Gasteiger partial charge in [-0.25, -0.2) is 19.9 Å². The Morgan fingerprint density at radius 1 is 1.12 bits per heavy atom. The quantitative estimate of drug-likeness (QED) is 0.770. The Morgan fingerprint density at radius 3 is 2.64 bits per heavy atom. The van der Waals surface area contributed by atoms with Gasteiger partial charge < -0.3 is 10.1 Å². The highest BCUT2D eigenvalue weighted by Gasteiger charge is 2.12.